The van der Waals surface area contributed by atoms with Crippen LogP contribution < -0.4 is 0 Å². The summed E-state index contributed by atoms with van der Waals surface area (Å²) in [5.41, 5.74) is 0. The van der Waals surface area contributed by atoms with Crippen LogP contribution in [0, 0.1) is 0 Å². The number of aliphatic hydroxyl groups is 1. The van der Waals surface area contributed by atoms with Gasteiger partial charge in [-0.1, -0.05) is 0 Å². The predicted molar refractivity (Wildman–Crippen MR) is 124 cm³/mol. The van der Waals surface area contributed by atoms with E-state index in [1.165, 1.54) is 6.92 Å². The van der Waals surface area contributed by atoms with Gasteiger partial charge in [-0.05, 0) is 6.92 Å². The molecule has 2 saturated heterocycles. The van der Waals surface area contributed by atoms with Crippen LogP contribution in [0.5, 0.6) is 0 Å². The van der Waals surface area contributed by atoms with Gasteiger partial charge >= 0.3 is 35.8 Å². The summed E-state index contributed by atoms with van der Waals surface area (Å²) < 4.78 is 48.9. The van der Waals surface area contributed by atoms with Crippen LogP contribution in [0.25, 0.3) is 0 Å². The topological polar surface area (TPSA) is 206 Å². The van der Waals surface area contributed by atoms with Gasteiger partial charge in [-0.2, -0.15) is 0 Å². The average Bonchev–Trinajstić information content (AvgIpc) is 2.79. The third kappa shape index (κ3) is 9.11. The predicted octanol–water partition coefficient (Wildman–Crippen LogP) is -0.945. The van der Waals surface area contributed by atoms with Crippen LogP contribution in [-0.2, 0) is 71.4 Å². The number of carbonyl (C=O) groups excluding carboxylic acids is 6. The Labute approximate surface area is 229 Å². The number of ether oxygens (including phenoxy) is 9. The van der Waals surface area contributed by atoms with Gasteiger partial charge in [-0.15, -0.1) is 0 Å². The molecule has 0 aromatic carbocycles. The van der Waals surface area contributed by atoms with Crippen molar-refractivity contribution in [2.75, 3.05) is 6.61 Å². The Morgan fingerprint density at radius 2 is 1.00 bits per heavy atom. The molecule has 0 unspecified atom stereocenters. The van der Waals surface area contributed by atoms with E-state index in [9.17, 15) is 33.9 Å². The molecule has 2 heterocycles. The van der Waals surface area contributed by atoms with Gasteiger partial charge in [-0.25, -0.2) is 0 Å². The Balaban J connectivity index is 2.56. The van der Waals surface area contributed by atoms with Gasteiger partial charge in [0.1, 0.15) is 18.8 Å². The lowest BCUT2D eigenvalue weighted by Crippen LogP contribution is -2.66. The molecule has 0 saturated carbocycles. The second kappa shape index (κ2) is 14.3. The summed E-state index contributed by atoms with van der Waals surface area (Å²) >= 11 is 0. The lowest BCUT2D eigenvalue weighted by Gasteiger charge is -2.47. The normalized spacial score (nSPS) is 33.6. The number of hydrogen-bond acceptors (Lipinski definition) is 16. The first-order valence-corrected chi connectivity index (χ1v) is 12.2. The summed E-state index contributed by atoms with van der Waals surface area (Å²) in [4.78, 5) is 71.1. The van der Waals surface area contributed by atoms with E-state index < -0.39 is 104 Å². The molecule has 16 nitrogen and oxygen atoms in total. The number of esters is 6. The zero-order chi connectivity index (χ0) is 30.3. The van der Waals surface area contributed by atoms with Crippen molar-refractivity contribution in [3.05, 3.63) is 0 Å². The van der Waals surface area contributed by atoms with Gasteiger partial charge in [0.15, 0.2) is 43.1 Å². The largest absolute Gasteiger partial charge is 0.463 e. The number of aliphatic hydroxyl groups excluding tert-OH is 1. The molecule has 16 heteroatoms. The third-order valence-electron chi connectivity index (χ3n) is 5.59. The van der Waals surface area contributed by atoms with Crippen molar-refractivity contribution < 1.29 is 76.5 Å². The molecular weight excluding hydrogens is 544 g/mol. The minimum atomic E-state index is -1.71. The van der Waals surface area contributed by atoms with E-state index >= 15 is 0 Å². The molecule has 2 rings (SSSR count). The third-order valence-corrected chi connectivity index (χ3v) is 5.59. The molecule has 0 aromatic heterocycles. The van der Waals surface area contributed by atoms with Crippen molar-refractivity contribution in [3.8, 4) is 0 Å². The van der Waals surface area contributed by atoms with Crippen molar-refractivity contribution in [2.24, 2.45) is 0 Å². The standard InChI is InChI=1S/C24H34O16/c1-9-17(19(35-12(4)27)21(23(31)33-9)37-14(6)29)40-24-22(38-15(7)30)20(36-13(5)28)18(34-11(3)26)16(39-24)8-32-10(2)25/h9,16-24,31H,8H2,1-7H3/t9-,16-,17+,18+,19+,20+,21-,22-,23+,24-/m1/s1. The van der Waals surface area contributed by atoms with Crippen LogP contribution >= 0.6 is 0 Å². The summed E-state index contributed by atoms with van der Waals surface area (Å²) in [5.74, 6) is -4.89. The molecule has 40 heavy (non-hydrogen) atoms. The molecule has 10 atom stereocenters. The summed E-state index contributed by atoms with van der Waals surface area (Å²) in [6.45, 7) is 7.37. The average molecular weight is 579 g/mol. The van der Waals surface area contributed by atoms with Crippen LogP contribution in [0.3, 0.4) is 0 Å². The van der Waals surface area contributed by atoms with Crippen LogP contribution in [-0.4, -0.2) is 109 Å². The Morgan fingerprint density at radius 1 is 0.575 bits per heavy atom. The van der Waals surface area contributed by atoms with Gasteiger partial charge in [-0.3, -0.25) is 28.8 Å². The van der Waals surface area contributed by atoms with Gasteiger partial charge in [0.25, 0.3) is 0 Å². The fourth-order valence-corrected chi connectivity index (χ4v) is 4.27. The molecular formula is C24H34O16. The second-order valence-electron chi connectivity index (χ2n) is 9.05. The van der Waals surface area contributed by atoms with Crippen molar-refractivity contribution in [3.63, 3.8) is 0 Å². The Bertz CT molecular complexity index is 965. The van der Waals surface area contributed by atoms with E-state index in [0.717, 1.165) is 41.5 Å². The fraction of sp³-hybridized carbons (Fsp3) is 0.750. The Morgan fingerprint density at radius 3 is 1.48 bits per heavy atom. The minimum absolute atomic E-state index is 0.503. The lowest BCUT2D eigenvalue weighted by atomic mass is 9.96. The summed E-state index contributed by atoms with van der Waals surface area (Å²) in [5, 5.41) is 10.4. The smallest absolute Gasteiger partial charge is 0.303 e. The zero-order valence-electron chi connectivity index (χ0n) is 23.1. The van der Waals surface area contributed by atoms with Crippen LogP contribution in [0.15, 0.2) is 0 Å². The van der Waals surface area contributed by atoms with E-state index in [2.05, 4.69) is 0 Å². The van der Waals surface area contributed by atoms with Crippen molar-refractivity contribution in [1.29, 1.82) is 0 Å². The molecule has 0 amide bonds. The van der Waals surface area contributed by atoms with E-state index in [1.54, 1.807) is 0 Å². The highest BCUT2D eigenvalue weighted by atomic mass is 16.8. The molecule has 0 bridgehead atoms. The minimum Gasteiger partial charge on any atom is -0.463 e. The number of rotatable bonds is 9. The maximum absolute atomic E-state index is 12.1. The van der Waals surface area contributed by atoms with Crippen LogP contribution in [0.4, 0.5) is 0 Å². The van der Waals surface area contributed by atoms with E-state index in [4.69, 9.17) is 42.6 Å². The van der Waals surface area contributed by atoms with Crippen molar-refractivity contribution in [2.45, 2.75) is 110 Å². The summed E-state index contributed by atoms with van der Waals surface area (Å²) in [6, 6.07) is 0. The molecule has 226 valence electrons. The highest BCUT2D eigenvalue weighted by molar-refractivity contribution is 5.69. The second-order valence-corrected chi connectivity index (χ2v) is 9.05. The molecule has 1 N–H and O–H groups in total. The van der Waals surface area contributed by atoms with Crippen LogP contribution in [0.1, 0.15) is 48.5 Å². The van der Waals surface area contributed by atoms with E-state index in [0.29, 0.717) is 0 Å². The lowest BCUT2D eigenvalue weighted by molar-refractivity contribution is -0.353. The molecule has 2 aliphatic heterocycles. The highest BCUT2D eigenvalue weighted by Crippen LogP contribution is 2.34. The van der Waals surface area contributed by atoms with Gasteiger partial charge in [0, 0.05) is 41.5 Å². The number of hydrogen-bond donors (Lipinski definition) is 1. The SMILES string of the molecule is CC(=O)OC[C@H]1O[C@H](O[C@@H]2[C@H](OC(C)=O)[C@@H](OC(C)=O)[C@@H](O)O[C@@H]2C)[C@H](OC(C)=O)[C@@H](OC(C)=O)[C@H]1OC(C)=O. The Hall–Kier alpha value is -3.34. The molecule has 0 spiro atoms. The summed E-state index contributed by atoms with van der Waals surface area (Å²) in [7, 11) is 0. The molecule has 0 aromatic rings. The first-order chi connectivity index (χ1) is 18.6. The quantitative estimate of drug-likeness (QED) is 0.259. The van der Waals surface area contributed by atoms with Crippen molar-refractivity contribution in [1.82, 2.24) is 0 Å². The molecule has 2 fully saturated rings. The van der Waals surface area contributed by atoms with Gasteiger partial charge < -0.3 is 47.7 Å². The first-order valence-electron chi connectivity index (χ1n) is 12.2. The van der Waals surface area contributed by atoms with Crippen molar-refractivity contribution >= 4 is 35.8 Å². The maximum atomic E-state index is 12.1. The first kappa shape index (κ1) is 32.9. The summed E-state index contributed by atoms with van der Waals surface area (Å²) in [6.07, 6.45) is -14.6. The fourth-order valence-electron chi connectivity index (χ4n) is 4.27. The highest BCUT2D eigenvalue weighted by Gasteiger charge is 2.56. The molecule has 0 radical (unpaired) electrons. The maximum Gasteiger partial charge on any atom is 0.303 e. The van der Waals surface area contributed by atoms with Gasteiger partial charge in [0.2, 0.25) is 0 Å². The van der Waals surface area contributed by atoms with E-state index in [1.807, 2.05) is 0 Å². The van der Waals surface area contributed by atoms with E-state index in [-0.39, 0.29) is 0 Å². The number of carbonyl (C=O) groups is 6. The van der Waals surface area contributed by atoms with Crippen LogP contribution in [0.2, 0.25) is 0 Å². The zero-order valence-corrected chi connectivity index (χ0v) is 23.1. The molecule has 0 aliphatic carbocycles. The van der Waals surface area contributed by atoms with Gasteiger partial charge in [0.05, 0.1) is 6.10 Å². The monoisotopic (exact) mass is 578 g/mol. The Kier molecular flexibility index (Phi) is 11.8. The molecule has 2 aliphatic rings.